The average Bonchev–Trinajstić information content (AvgIpc) is 2.30. The van der Waals surface area contributed by atoms with E-state index in [1.54, 1.807) is 6.08 Å². The predicted molar refractivity (Wildman–Crippen MR) is 73.2 cm³/mol. The number of allylic oxidation sites excluding steroid dienone is 1. The van der Waals surface area contributed by atoms with Gasteiger partial charge < -0.3 is 15.8 Å². The fourth-order valence-electron chi connectivity index (χ4n) is 2.10. The van der Waals surface area contributed by atoms with E-state index in [-0.39, 0.29) is 5.91 Å². The van der Waals surface area contributed by atoms with Gasteiger partial charge in [-0.1, -0.05) is 5.57 Å². The summed E-state index contributed by atoms with van der Waals surface area (Å²) < 4.78 is 5.77. The first-order valence-corrected chi connectivity index (χ1v) is 6.88. The molecule has 0 spiro atoms. The summed E-state index contributed by atoms with van der Waals surface area (Å²) in [4.78, 5) is 11.3. The van der Waals surface area contributed by atoms with Gasteiger partial charge in [-0.05, 0) is 46.0 Å². The van der Waals surface area contributed by atoms with E-state index in [1.807, 2.05) is 13.8 Å². The molecule has 4 heteroatoms. The van der Waals surface area contributed by atoms with Crippen LogP contribution in [0.5, 0.6) is 0 Å². The van der Waals surface area contributed by atoms with E-state index in [2.05, 4.69) is 5.32 Å². The molecule has 1 saturated carbocycles. The van der Waals surface area contributed by atoms with Gasteiger partial charge in [0.25, 0.3) is 0 Å². The number of nitrogens with two attached hydrogens (primary N) is 1. The summed E-state index contributed by atoms with van der Waals surface area (Å²) in [5.41, 5.74) is 6.85. The molecule has 4 nitrogen and oxygen atoms in total. The Morgan fingerprint density at radius 1 is 1.33 bits per heavy atom. The second-order valence-corrected chi connectivity index (χ2v) is 5.27. The molecular formula is C14H26N2O2. The van der Waals surface area contributed by atoms with Gasteiger partial charge in [0.05, 0.1) is 6.10 Å². The van der Waals surface area contributed by atoms with Crippen LogP contribution in [0.4, 0.5) is 0 Å². The maximum atomic E-state index is 11.3. The molecule has 1 rings (SSSR count). The standard InChI is InChI=1S/C14H26N2O2/c1-11(2)10-14(17)16-8-3-9-18-13-6-4-12(15)5-7-13/h10,12-13H,3-9,15H2,1-2H3,(H,16,17). The molecule has 1 aliphatic rings. The molecule has 0 aromatic heterocycles. The molecule has 0 saturated heterocycles. The maximum absolute atomic E-state index is 11.3. The first-order chi connectivity index (χ1) is 8.58. The summed E-state index contributed by atoms with van der Waals surface area (Å²) in [5, 5.41) is 2.84. The van der Waals surface area contributed by atoms with Crippen LogP contribution < -0.4 is 11.1 Å². The van der Waals surface area contributed by atoms with Gasteiger partial charge >= 0.3 is 0 Å². The number of ether oxygens (including phenoxy) is 1. The molecule has 1 fully saturated rings. The molecule has 0 unspecified atom stereocenters. The first kappa shape index (κ1) is 15.2. The minimum atomic E-state index is -0.0151. The van der Waals surface area contributed by atoms with Gasteiger partial charge in [-0.3, -0.25) is 4.79 Å². The molecule has 0 heterocycles. The molecule has 18 heavy (non-hydrogen) atoms. The Hall–Kier alpha value is -0.870. The maximum Gasteiger partial charge on any atom is 0.243 e. The SMILES string of the molecule is CC(C)=CC(=O)NCCCOC1CCC(N)CC1. The summed E-state index contributed by atoms with van der Waals surface area (Å²) >= 11 is 0. The van der Waals surface area contributed by atoms with Crippen LogP contribution >= 0.6 is 0 Å². The van der Waals surface area contributed by atoms with Gasteiger partial charge in [0, 0.05) is 25.3 Å². The minimum Gasteiger partial charge on any atom is -0.378 e. The molecule has 0 aromatic rings. The normalized spacial score (nSPS) is 23.5. The second kappa shape index (κ2) is 8.27. The van der Waals surface area contributed by atoms with Gasteiger partial charge in [0.2, 0.25) is 5.91 Å². The van der Waals surface area contributed by atoms with Crippen molar-refractivity contribution in [3.8, 4) is 0 Å². The third-order valence-electron chi connectivity index (χ3n) is 3.11. The Balaban J connectivity index is 1.99. The fraction of sp³-hybridized carbons (Fsp3) is 0.786. The molecule has 1 aliphatic carbocycles. The highest BCUT2D eigenvalue weighted by atomic mass is 16.5. The van der Waals surface area contributed by atoms with Crippen LogP contribution in [0.1, 0.15) is 46.0 Å². The van der Waals surface area contributed by atoms with Crippen LogP contribution in [0, 0.1) is 0 Å². The Morgan fingerprint density at radius 3 is 2.61 bits per heavy atom. The lowest BCUT2D eigenvalue weighted by Gasteiger charge is -2.26. The van der Waals surface area contributed by atoms with Gasteiger partial charge in [0.1, 0.15) is 0 Å². The molecule has 0 aliphatic heterocycles. The van der Waals surface area contributed by atoms with E-state index in [1.165, 1.54) is 0 Å². The van der Waals surface area contributed by atoms with Crippen LogP contribution in [0.15, 0.2) is 11.6 Å². The number of rotatable bonds is 6. The monoisotopic (exact) mass is 254 g/mol. The van der Waals surface area contributed by atoms with Crippen molar-refractivity contribution >= 4 is 5.91 Å². The first-order valence-electron chi connectivity index (χ1n) is 6.88. The van der Waals surface area contributed by atoms with Gasteiger partial charge in [-0.25, -0.2) is 0 Å². The number of amides is 1. The highest BCUT2D eigenvalue weighted by Crippen LogP contribution is 2.19. The van der Waals surface area contributed by atoms with Crippen molar-refractivity contribution in [3.63, 3.8) is 0 Å². The van der Waals surface area contributed by atoms with E-state index in [4.69, 9.17) is 10.5 Å². The Kier molecular flexibility index (Phi) is 6.98. The Labute approximate surface area is 110 Å². The van der Waals surface area contributed by atoms with Crippen LogP contribution in [0.3, 0.4) is 0 Å². The molecule has 0 atom stereocenters. The highest BCUT2D eigenvalue weighted by Gasteiger charge is 2.18. The van der Waals surface area contributed by atoms with E-state index in [0.29, 0.717) is 18.7 Å². The third-order valence-corrected chi connectivity index (χ3v) is 3.11. The molecule has 0 aromatic carbocycles. The molecule has 3 N–H and O–H groups in total. The zero-order valence-electron chi connectivity index (χ0n) is 11.6. The predicted octanol–water partition coefficient (Wildman–Crippen LogP) is 1.75. The van der Waals surface area contributed by atoms with Crippen molar-refractivity contribution in [1.29, 1.82) is 0 Å². The number of hydrogen-bond donors (Lipinski definition) is 2. The van der Waals surface area contributed by atoms with Gasteiger partial charge in [-0.2, -0.15) is 0 Å². The van der Waals surface area contributed by atoms with Crippen LogP contribution in [0.25, 0.3) is 0 Å². The summed E-state index contributed by atoms with van der Waals surface area (Å²) in [6.07, 6.45) is 7.15. The number of hydrogen-bond acceptors (Lipinski definition) is 3. The molecule has 104 valence electrons. The summed E-state index contributed by atoms with van der Waals surface area (Å²) in [6, 6.07) is 0.369. The second-order valence-electron chi connectivity index (χ2n) is 5.27. The topological polar surface area (TPSA) is 64.3 Å². The van der Waals surface area contributed by atoms with Crippen molar-refractivity contribution < 1.29 is 9.53 Å². The lowest BCUT2D eigenvalue weighted by Crippen LogP contribution is -2.31. The fourth-order valence-corrected chi connectivity index (χ4v) is 2.10. The molecule has 0 bridgehead atoms. The Morgan fingerprint density at radius 2 is 2.00 bits per heavy atom. The quantitative estimate of drug-likeness (QED) is 0.560. The Bertz CT molecular complexity index is 278. The summed E-state index contributed by atoms with van der Waals surface area (Å²) in [6.45, 7) is 5.22. The third kappa shape index (κ3) is 6.77. The molecule has 1 amide bonds. The van der Waals surface area contributed by atoms with E-state index < -0.39 is 0 Å². The van der Waals surface area contributed by atoms with Crippen LogP contribution in [0.2, 0.25) is 0 Å². The van der Waals surface area contributed by atoms with E-state index >= 15 is 0 Å². The highest BCUT2D eigenvalue weighted by molar-refractivity contribution is 5.87. The number of carbonyl (C=O) groups is 1. The van der Waals surface area contributed by atoms with Crippen molar-refractivity contribution in [1.82, 2.24) is 5.32 Å². The number of carbonyl (C=O) groups excluding carboxylic acids is 1. The van der Waals surface area contributed by atoms with Crippen molar-refractivity contribution in [2.75, 3.05) is 13.2 Å². The largest absolute Gasteiger partial charge is 0.378 e. The van der Waals surface area contributed by atoms with Gasteiger partial charge in [0.15, 0.2) is 0 Å². The smallest absolute Gasteiger partial charge is 0.243 e. The van der Waals surface area contributed by atoms with Crippen LogP contribution in [-0.2, 0) is 9.53 Å². The lowest BCUT2D eigenvalue weighted by atomic mass is 9.94. The number of nitrogens with one attached hydrogen (secondary N) is 1. The molecular weight excluding hydrogens is 228 g/mol. The summed E-state index contributed by atoms with van der Waals surface area (Å²) in [7, 11) is 0. The molecule has 0 radical (unpaired) electrons. The van der Waals surface area contributed by atoms with Crippen molar-refractivity contribution in [2.24, 2.45) is 5.73 Å². The minimum absolute atomic E-state index is 0.0151. The zero-order valence-corrected chi connectivity index (χ0v) is 11.6. The van der Waals surface area contributed by atoms with Crippen molar-refractivity contribution in [2.45, 2.75) is 58.1 Å². The summed E-state index contributed by atoms with van der Waals surface area (Å²) in [5.74, 6) is -0.0151. The average molecular weight is 254 g/mol. The van der Waals surface area contributed by atoms with Gasteiger partial charge in [-0.15, -0.1) is 0 Å². The van der Waals surface area contributed by atoms with Crippen LogP contribution in [-0.4, -0.2) is 31.2 Å². The lowest BCUT2D eigenvalue weighted by molar-refractivity contribution is -0.116. The zero-order chi connectivity index (χ0) is 13.4. The van der Waals surface area contributed by atoms with Crippen molar-refractivity contribution in [3.05, 3.63) is 11.6 Å². The van der Waals surface area contributed by atoms with E-state index in [9.17, 15) is 4.79 Å². The van der Waals surface area contributed by atoms with E-state index in [0.717, 1.165) is 44.3 Å².